The minimum absolute atomic E-state index is 0.100. The van der Waals surface area contributed by atoms with Crippen LogP contribution in [0, 0.1) is 11.7 Å². The maximum Gasteiger partial charge on any atom is 0.286 e. The Bertz CT molecular complexity index is 824. The molecule has 1 N–H and O–H groups in total. The number of carbonyl (C=O) groups is 2. The highest BCUT2D eigenvalue weighted by Gasteiger charge is 2.28. The molecule has 3 rings (SSSR count). The van der Waals surface area contributed by atoms with Crippen LogP contribution in [0.2, 0.25) is 0 Å². The maximum absolute atomic E-state index is 13.2. The summed E-state index contributed by atoms with van der Waals surface area (Å²) in [5.41, 5.74) is 0.375. The monoisotopic (exact) mass is 390 g/mol. The van der Waals surface area contributed by atoms with Crippen LogP contribution in [0.1, 0.15) is 53.8 Å². The molecule has 1 atom stereocenters. The number of halogens is 1. The fourth-order valence-electron chi connectivity index (χ4n) is 3.13. The third kappa shape index (κ3) is 5.09. The zero-order valence-corrected chi connectivity index (χ0v) is 16.3. The van der Waals surface area contributed by atoms with Crippen molar-refractivity contribution >= 4 is 28.8 Å². The zero-order chi connectivity index (χ0) is 19.4. The second kappa shape index (κ2) is 8.56. The summed E-state index contributed by atoms with van der Waals surface area (Å²) in [5.74, 6) is -0.226. The highest BCUT2D eigenvalue weighted by molar-refractivity contribution is 7.13. The SMILES string of the molecule is CC(C)CC(=O)N1CCC[C@@H](c2nnc(C(=O)Nc3cccc(F)c3)s2)C1. The number of rotatable bonds is 5. The molecule has 6 nitrogen and oxygen atoms in total. The van der Waals surface area contributed by atoms with E-state index in [0.717, 1.165) is 24.4 Å². The van der Waals surface area contributed by atoms with Crippen molar-refractivity contribution in [2.75, 3.05) is 18.4 Å². The van der Waals surface area contributed by atoms with Crippen LogP contribution in [0.4, 0.5) is 10.1 Å². The van der Waals surface area contributed by atoms with Crippen molar-refractivity contribution in [3.63, 3.8) is 0 Å². The number of nitrogens with one attached hydrogen (secondary N) is 1. The first-order valence-corrected chi connectivity index (χ1v) is 9.92. The predicted molar refractivity (Wildman–Crippen MR) is 102 cm³/mol. The van der Waals surface area contributed by atoms with E-state index in [9.17, 15) is 14.0 Å². The molecule has 8 heteroatoms. The Morgan fingerprint density at radius 1 is 1.37 bits per heavy atom. The van der Waals surface area contributed by atoms with Crippen molar-refractivity contribution in [1.29, 1.82) is 0 Å². The fraction of sp³-hybridized carbons (Fsp3) is 0.474. The van der Waals surface area contributed by atoms with Gasteiger partial charge in [0.15, 0.2) is 0 Å². The van der Waals surface area contributed by atoms with Crippen molar-refractivity contribution < 1.29 is 14.0 Å². The Morgan fingerprint density at radius 3 is 2.93 bits per heavy atom. The van der Waals surface area contributed by atoms with Gasteiger partial charge in [-0.2, -0.15) is 0 Å². The van der Waals surface area contributed by atoms with Gasteiger partial charge in [-0.25, -0.2) is 4.39 Å². The van der Waals surface area contributed by atoms with Gasteiger partial charge in [0.1, 0.15) is 10.8 Å². The van der Waals surface area contributed by atoms with Crippen LogP contribution in [-0.2, 0) is 4.79 Å². The summed E-state index contributed by atoms with van der Waals surface area (Å²) in [6.45, 7) is 5.46. The lowest BCUT2D eigenvalue weighted by molar-refractivity contribution is -0.133. The van der Waals surface area contributed by atoms with Gasteiger partial charge in [0.05, 0.1) is 0 Å². The molecule has 2 aromatic rings. The summed E-state index contributed by atoms with van der Waals surface area (Å²) in [6.07, 6.45) is 2.38. The van der Waals surface area contributed by atoms with Crippen LogP contribution >= 0.6 is 11.3 Å². The van der Waals surface area contributed by atoms with Crippen molar-refractivity contribution in [2.45, 2.75) is 39.0 Å². The van der Waals surface area contributed by atoms with Crippen LogP contribution in [0.15, 0.2) is 24.3 Å². The fourth-order valence-corrected chi connectivity index (χ4v) is 3.99. The third-order valence-corrected chi connectivity index (χ3v) is 5.51. The van der Waals surface area contributed by atoms with Crippen molar-refractivity contribution in [2.24, 2.45) is 5.92 Å². The molecule has 0 bridgehead atoms. The summed E-state index contributed by atoms with van der Waals surface area (Å²) < 4.78 is 13.2. The number of benzene rings is 1. The normalized spacial score (nSPS) is 17.2. The van der Waals surface area contributed by atoms with Crippen molar-refractivity contribution in [1.82, 2.24) is 15.1 Å². The number of carbonyl (C=O) groups excluding carboxylic acids is 2. The summed E-state index contributed by atoms with van der Waals surface area (Å²) in [5, 5.41) is 11.8. The highest BCUT2D eigenvalue weighted by Crippen LogP contribution is 2.30. The molecule has 144 valence electrons. The molecule has 1 aromatic carbocycles. The molecule has 0 aliphatic carbocycles. The molecular formula is C19H23FN4O2S. The van der Waals surface area contributed by atoms with E-state index in [1.165, 1.54) is 29.5 Å². The summed E-state index contributed by atoms with van der Waals surface area (Å²) >= 11 is 1.23. The first-order chi connectivity index (χ1) is 12.9. The largest absolute Gasteiger partial charge is 0.342 e. The Hall–Kier alpha value is -2.35. The molecule has 0 radical (unpaired) electrons. The second-order valence-corrected chi connectivity index (χ2v) is 8.20. The van der Waals surface area contributed by atoms with Gasteiger partial charge in [0.25, 0.3) is 5.91 Å². The van der Waals surface area contributed by atoms with Gasteiger partial charge in [0, 0.05) is 31.1 Å². The smallest absolute Gasteiger partial charge is 0.286 e. The van der Waals surface area contributed by atoms with Gasteiger partial charge in [0.2, 0.25) is 10.9 Å². The van der Waals surface area contributed by atoms with E-state index in [1.54, 1.807) is 6.07 Å². The van der Waals surface area contributed by atoms with E-state index in [4.69, 9.17) is 0 Å². The Morgan fingerprint density at radius 2 is 2.19 bits per heavy atom. The molecular weight excluding hydrogens is 367 g/mol. The quantitative estimate of drug-likeness (QED) is 0.845. The van der Waals surface area contributed by atoms with Gasteiger partial charge in [-0.05, 0) is 37.0 Å². The molecule has 27 heavy (non-hydrogen) atoms. The Kier molecular flexibility index (Phi) is 6.15. The molecule has 1 aliphatic rings. The van der Waals surface area contributed by atoms with E-state index in [-0.39, 0.29) is 16.8 Å². The van der Waals surface area contributed by atoms with E-state index < -0.39 is 11.7 Å². The van der Waals surface area contributed by atoms with Gasteiger partial charge < -0.3 is 10.2 Å². The molecule has 1 aromatic heterocycles. The number of nitrogens with zero attached hydrogens (tertiary/aromatic N) is 3. The van der Waals surface area contributed by atoms with Crippen LogP contribution in [0.25, 0.3) is 0 Å². The van der Waals surface area contributed by atoms with Crippen LogP contribution in [0.5, 0.6) is 0 Å². The molecule has 2 heterocycles. The molecule has 1 saturated heterocycles. The summed E-state index contributed by atoms with van der Waals surface area (Å²) in [4.78, 5) is 26.5. The number of aromatic nitrogens is 2. The van der Waals surface area contributed by atoms with Gasteiger partial charge in [-0.15, -0.1) is 10.2 Å². The van der Waals surface area contributed by atoms with E-state index in [1.807, 2.05) is 18.7 Å². The minimum Gasteiger partial charge on any atom is -0.342 e. The zero-order valence-electron chi connectivity index (χ0n) is 15.4. The van der Waals surface area contributed by atoms with Crippen LogP contribution in [0.3, 0.4) is 0 Å². The lowest BCUT2D eigenvalue weighted by atomic mass is 9.98. The lowest BCUT2D eigenvalue weighted by Crippen LogP contribution is -2.39. The molecule has 0 spiro atoms. The van der Waals surface area contributed by atoms with Crippen molar-refractivity contribution in [3.05, 3.63) is 40.1 Å². The molecule has 0 saturated carbocycles. The van der Waals surface area contributed by atoms with Gasteiger partial charge in [-0.3, -0.25) is 9.59 Å². The number of hydrogen-bond donors (Lipinski definition) is 1. The summed E-state index contributed by atoms with van der Waals surface area (Å²) in [7, 11) is 0. The standard InChI is InChI=1S/C19H23FN4O2S/c1-12(2)9-16(25)24-8-4-5-13(11-24)18-22-23-19(27-18)17(26)21-15-7-3-6-14(20)10-15/h3,6-7,10,12-13H,4-5,8-9,11H2,1-2H3,(H,21,26)/t13-/m1/s1. The Labute approximate surface area is 161 Å². The average molecular weight is 390 g/mol. The molecule has 2 amide bonds. The van der Waals surface area contributed by atoms with Crippen molar-refractivity contribution in [3.8, 4) is 0 Å². The minimum atomic E-state index is -0.417. The number of likely N-dealkylation sites (tertiary alicyclic amines) is 1. The van der Waals surface area contributed by atoms with E-state index in [0.29, 0.717) is 24.6 Å². The molecule has 0 unspecified atom stereocenters. The predicted octanol–water partition coefficient (Wildman–Crippen LogP) is 3.68. The topological polar surface area (TPSA) is 75.2 Å². The van der Waals surface area contributed by atoms with E-state index >= 15 is 0 Å². The number of amides is 2. The van der Waals surface area contributed by atoms with Gasteiger partial charge in [-0.1, -0.05) is 31.3 Å². The van der Waals surface area contributed by atoms with E-state index in [2.05, 4.69) is 15.5 Å². The third-order valence-electron chi connectivity index (χ3n) is 4.42. The molecule has 1 aliphatic heterocycles. The number of hydrogen-bond acceptors (Lipinski definition) is 5. The first-order valence-electron chi connectivity index (χ1n) is 9.10. The Balaban J connectivity index is 1.64. The highest BCUT2D eigenvalue weighted by atomic mass is 32.1. The number of anilines is 1. The number of piperidine rings is 1. The second-order valence-electron chi connectivity index (χ2n) is 7.19. The molecule has 1 fully saturated rings. The maximum atomic E-state index is 13.2. The van der Waals surface area contributed by atoms with Crippen LogP contribution < -0.4 is 5.32 Å². The summed E-state index contributed by atoms with van der Waals surface area (Å²) in [6, 6.07) is 5.71. The van der Waals surface area contributed by atoms with Crippen LogP contribution in [-0.4, -0.2) is 40.0 Å². The van der Waals surface area contributed by atoms with Gasteiger partial charge >= 0.3 is 0 Å². The average Bonchev–Trinajstić information content (AvgIpc) is 3.11. The first kappa shape index (κ1) is 19.4. The lowest BCUT2D eigenvalue weighted by Gasteiger charge is -2.32.